The number of aryl methyl sites for hydroxylation is 1. The summed E-state index contributed by atoms with van der Waals surface area (Å²) < 4.78 is 5.17. The van der Waals surface area contributed by atoms with Gasteiger partial charge in [0.15, 0.2) is 0 Å². The highest BCUT2D eigenvalue weighted by atomic mass is 35.5. The van der Waals surface area contributed by atoms with Crippen LogP contribution in [0.15, 0.2) is 23.6 Å². The molecule has 5 heteroatoms. The Morgan fingerprint density at radius 2 is 2.05 bits per heavy atom. The van der Waals surface area contributed by atoms with Crippen LogP contribution in [0.3, 0.4) is 0 Å². The van der Waals surface area contributed by atoms with E-state index < -0.39 is 0 Å². The van der Waals surface area contributed by atoms with Gasteiger partial charge in [-0.3, -0.25) is 0 Å². The zero-order valence-electron chi connectivity index (χ0n) is 11.0. The van der Waals surface area contributed by atoms with Crippen LogP contribution >= 0.6 is 34.5 Å². The molecule has 1 unspecified atom stereocenters. The Hall–Kier alpha value is -0.740. The first kappa shape index (κ1) is 14.7. The van der Waals surface area contributed by atoms with E-state index in [1.807, 2.05) is 32.2 Å². The summed E-state index contributed by atoms with van der Waals surface area (Å²) >= 11 is 14.3. The van der Waals surface area contributed by atoms with Crippen LogP contribution in [0.25, 0.3) is 0 Å². The summed E-state index contributed by atoms with van der Waals surface area (Å²) in [5.41, 5.74) is 2.08. The molecule has 0 bridgehead atoms. The van der Waals surface area contributed by atoms with E-state index in [-0.39, 0.29) is 6.04 Å². The average Bonchev–Trinajstić information content (AvgIpc) is 2.73. The standard InChI is InChI=1S/C14H15Cl2NOS/c1-8-7-19-14(12(8)16)13(17-2)10-5-4-9(18-3)6-11(10)15/h4-7,13,17H,1-3H3. The Kier molecular flexibility index (Phi) is 4.74. The molecule has 0 aliphatic rings. The van der Waals surface area contributed by atoms with Crippen molar-refractivity contribution in [3.05, 3.63) is 49.6 Å². The van der Waals surface area contributed by atoms with E-state index in [4.69, 9.17) is 27.9 Å². The van der Waals surface area contributed by atoms with E-state index in [0.717, 1.165) is 26.8 Å². The number of ether oxygens (including phenoxy) is 1. The summed E-state index contributed by atoms with van der Waals surface area (Å²) in [5, 5.41) is 6.79. The van der Waals surface area contributed by atoms with Gasteiger partial charge in [-0.15, -0.1) is 11.3 Å². The predicted octanol–water partition coefficient (Wildman–Crippen LogP) is 4.68. The third-order valence-electron chi connectivity index (χ3n) is 2.99. The smallest absolute Gasteiger partial charge is 0.120 e. The fourth-order valence-electron chi connectivity index (χ4n) is 1.94. The van der Waals surface area contributed by atoms with Crippen molar-refractivity contribution in [1.29, 1.82) is 0 Å². The minimum atomic E-state index is -0.00962. The molecule has 0 amide bonds. The van der Waals surface area contributed by atoms with Gasteiger partial charge in [-0.25, -0.2) is 0 Å². The monoisotopic (exact) mass is 315 g/mol. The van der Waals surface area contributed by atoms with Crippen LogP contribution in [0.2, 0.25) is 10.0 Å². The maximum absolute atomic E-state index is 6.35. The van der Waals surface area contributed by atoms with Gasteiger partial charge < -0.3 is 10.1 Å². The second-order valence-corrected chi connectivity index (χ2v) is 5.90. The first-order valence-corrected chi connectivity index (χ1v) is 7.46. The average molecular weight is 316 g/mol. The molecule has 1 atom stereocenters. The third-order valence-corrected chi connectivity index (χ3v) is 5.10. The largest absolute Gasteiger partial charge is 0.497 e. The fourth-order valence-corrected chi connectivity index (χ4v) is 3.65. The summed E-state index contributed by atoms with van der Waals surface area (Å²) in [5.74, 6) is 0.747. The molecule has 1 aromatic heterocycles. The number of hydrogen-bond acceptors (Lipinski definition) is 3. The number of rotatable bonds is 4. The third kappa shape index (κ3) is 2.90. The maximum atomic E-state index is 6.35. The molecular formula is C14H15Cl2NOS. The van der Waals surface area contributed by atoms with Crippen LogP contribution < -0.4 is 10.1 Å². The Labute approximate surface area is 127 Å². The van der Waals surface area contributed by atoms with Crippen molar-refractivity contribution in [2.45, 2.75) is 13.0 Å². The lowest BCUT2D eigenvalue weighted by Gasteiger charge is -2.18. The lowest BCUT2D eigenvalue weighted by molar-refractivity contribution is 0.414. The molecule has 0 radical (unpaired) electrons. The quantitative estimate of drug-likeness (QED) is 0.884. The number of hydrogen-bond donors (Lipinski definition) is 1. The summed E-state index contributed by atoms with van der Waals surface area (Å²) in [7, 11) is 3.52. The summed E-state index contributed by atoms with van der Waals surface area (Å²) in [6, 6.07) is 5.67. The molecule has 19 heavy (non-hydrogen) atoms. The molecule has 102 valence electrons. The van der Waals surface area contributed by atoms with Gasteiger partial charge >= 0.3 is 0 Å². The highest BCUT2D eigenvalue weighted by Crippen LogP contribution is 2.38. The van der Waals surface area contributed by atoms with E-state index in [2.05, 4.69) is 10.7 Å². The van der Waals surface area contributed by atoms with Gasteiger partial charge in [-0.1, -0.05) is 29.3 Å². The normalized spacial score (nSPS) is 12.5. The number of methoxy groups -OCH3 is 1. The minimum Gasteiger partial charge on any atom is -0.497 e. The van der Waals surface area contributed by atoms with Crippen LogP contribution in [-0.2, 0) is 0 Å². The van der Waals surface area contributed by atoms with Crippen LogP contribution in [-0.4, -0.2) is 14.2 Å². The molecule has 1 N–H and O–H groups in total. The van der Waals surface area contributed by atoms with E-state index in [9.17, 15) is 0 Å². The van der Waals surface area contributed by atoms with Gasteiger partial charge in [0.05, 0.1) is 18.2 Å². The molecule has 0 fully saturated rings. The lowest BCUT2D eigenvalue weighted by Crippen LogP contribution is -2.17. The molecule has 1 heterocycles. The van der Waals surface area contributed by atoms with Gasteiger partial charge in [0.2, 0.25) is 0 Å². The van der Waals surface area contributed by atoms with Crippen molar-refractivity contribution in [2.75, 3.05) is 14.2 Å². The highest BCUT2D eigenvalue weighted by Gasteiger charge is 2.20. The Balaban J connectivity index is 2.45. The molecule has 2 aromatic rings. The summed E-state index contributed by atoms with van der Waals surface area (Å²) in [6.45, 7) is 2.00. The van der Waals surface area contributed by atoms with Crippen molar-refractivity contribution >= 4 is 34.5 Å². The molecule has 1 aromatic carbocycles. The molecule has 0 saturated carbocycles. The molecule has 2 nitrogen and oxygen atoms in total. The lowest BCUT2D eigenvalue weighted by atomic mass is 10.0. The summed E-state index contributed by atoms with van der Waals surface area (Å²) in [6.07, 6.45) is 0. The molecular weight excluding hydrogens is 301 g/mol. The van der Waals surface area contributed by atoms with Crippen molar-refractivity contribution in [3.63, 3.8) is 0 Å². The zero-order valence-corrected chi connectivity index (χ0v) is 13.3. The Morgan fingerprint density at radius 1 is 1.32 bits per heavy atom. The minimum absolute atomic E-state index is 0.00962. The SMILES string of the molecule is CNC(c1ccc(OC)cc1Cl)c1scc(C)c1Cl. The van der Waals surface area contributed by atoms with E-state index in [1.165, 1.54) is 0 Å². The van der Waals surface area contributed by atoms with Crippen molar-refractivity contribution in [2.24, 2.45) is 0 Å². The maximum Gasteiger partial charge on any atom is 0.120 e. The fraction of sp³-hybridized carbons (Fsp3) is 0.286. The van der Waals surface area contributed by atoms with Crippen molar-refractivity contribution in [3.8, 4) is 5.75 Å². The van der Waals surface area contributed by atoms with Gasteiger partial charge in [-0.2, -0.15) is 0 Å². The van der Waals surface area contributed by atoms with E-state index in [0.29, 0.717) is 5.02 Å². The molecule has 0 spiro atoms. The summed E-state index contributed by atoms with van der Waals surface area (Å²) in [4.78, 5) is 1.08. The van der Waals surface area contributed by atoms with E-state index in [1.54, 1.807) is 18.4 Å². The van der Waals surface area contributed by atoms with Gasteiger partial charge in [0, 0.05) is 9.90 Å². The first-order chi connectivity index (χ1) is 9.08. The predicted molar refractivity (Wildman–Crippen MR) is 83.0 cm³/mol. The van der Waals surface area contributed by atoms with E-state index >= 15 is 0 Å². The van der Waals surface area contributed by atoms with Crippen molar-refractivity contribution < 1.29 is 4.74 Å². The van der Waals surface area contributed by atoms with Gasteiger partial charge in [-0.05, 0) is 42.6 Å². The zero-order chi connectivity index (χ0) is 14.0. The number of halogens is 2. The topological polar surface area (TPSA) is 21.3 Å². The molecule has 0 aliphatic carbocycles. The molecule has 0 aliphatic heterocycles. The Bertz CT molecular complexity index is 583. The van der Waals surface area contributed by atoms with Crippen molar-refractivity contribution in [1.82, 2.24) is 5.32 Å². The second-order valence-electron chi connectivity index (χ2n) is 4.21. The van der Waals surface area contributed by atoms with Crippen LogP contribution in [0.1, 0.15) is 22.0 Å². The number of thiophene rings is 1. The van der Waals surface area contributed by atoms with Gasteiger partial charge in [0.1, 0.15) is 5.75 Å². The number of nitrogens with one attached hydrogen (secondary N) is 1. The second kappa shape index (κ2) is 6.14. The molecule has 0 saturated heterocycles. The van der Waals surface area contributed by atoms with Crippen LogP contribution in [0, 0.1) is 6.92 Å². The highest BCUT2D eigenvalue weighted by molar-refractivity contribution is 7.10. The van der Waals surface area contributed by atoms with Gasteiger partial charge in [0.25, 0.3) is 0 Å². The molecule has 2 rings (SSSR count). The van der Waals surface area contributed by atoms with Crippen LogP contribution in [0.5, 0.6) is 5.75 Å². The first-order valence-electron chi connectivity index (χ1n) is 5.82. The Morgan fingerprint density at radius 3 is 2.53 bits per heavy atom. The van der Waals surface area contributed by atoms with Crippen LogP contribution in [0.4, 0.5) is 0 Å². The number of benzene rings is 1.